The molecule has 0 radical (unpaired) electrons. The zero-order chi connectivity index (χ0) is 14.3. The molecular formula is C13H24N4OS. The van der Waals surface area contributed by atoms with Gasteiger partial charge < -0.3 is 9.88 Å². The van der Waals surface area contributed by atoms with Gasteiger partial charge in [0.05, 0.1) is 5.75 Å². The van der Waals surface area contributed by atoms with Gasteiger partial charge in [0.2, 0.25) is 5.91 Å². The third-order valence-electron chi connectivity index (χ3n) is 2.83. The first-order valence-electron chi connectivity index (χ1n) is 6.75. The Bertz CT molecular complexity index is 392. The zero-order valence-electron chi connectivity index (χ0n) is 12.2. The minimum absolute atomic E-state index is 0.0602. The fourth-order valence-corrected chi connectivity index (χ4v) is 2.45. The highest BCUT2D eigenvalue weighted by molar-refractivity contribution is 7.99. The van der Waals surface area contributed by atoms with Crippen LogP contribution in [0.25, 0.3) is 0 Å². The van der Waals surface area contributed by atoms with Crippen molar-refractivity contribution in [1.29, 1.82) is 0 Å². The quantitative estimate of drug-likeness (QED) is 0.744. The van der Waals surface area contributed by atoms with Gasteiger partial charge >= 0.3 is 0 Å². The molecule has 1 atom stereocenters. The van der Waals surface area contributed by atoms with Gasteiger partial charge in [-0.25, -0.2) is 0 Å². The summed E-state index contributed by atoms with van der Waals surface area (Å²) in [6.45, 7) is 6.51. The Hall–Kier alpha value is -1.04. The third kappa shape index (κ3) is 6.61. The lowest BCUT2D eigenvalue weighted by Crippen LogP contribution is -2.33. The number of carbonyl (C=O) groups excluding carboxylic acids is 1. The van der Waals surface area contributed by atoms with Crippen molar-refractivity contribution in [2.75, 3.05) is 5.75 Å². The van der Waals surface area contributed by atoms with E-state index >= 15 is 0 Å². The maximum absolute atomic E-state index is 11.8. The molecule has 108 valence electrons. The number of rotatable bonds is 8. The SMILES string of the molecule is CC(C)CCCC(C)NC(=O)CSc1nncn1C. The van der Waals surface area contributed by atoms with E-state index in [-0.39, 0.29) is 11.9 Å². The molecule has 0 aliphatic carbocycles. The summed E-state index contributed by atoms with van der Waals surface area (Å²) in [5, 5.41) is 11.5. The van der Waals surface area contributed by atoms with E-state index in [1.54, 1.807) is 6.33 Å². The minimum atomic E-state index is 0.0602. The number of thioether (sulfide) groups is 1. The van der Waals surface area contributed by atoms with Crippen molar-refractivity contribution in [2.45, 2.75) is 51.2 Å². The van der Waals surface area contributed by atoms with Crippen molar-refractivity contribution < 1.29 is 4.79 Å². The molecule has 19 heavy (non-hydrogen) atoms. The van der Waals surface area contributed by atoms with Crippen molar-refractivity contribution >= 4 is 17.7 Å². The van der Waals surface area contributed by atoms with Gasteiger partial charge in [-0.3, -0.25) is 4.79 Å². The van der Waals surface area contributed by atoms with Crippen LogP contribution in [0.5, 0.6) is 0 Å². The Morgan fingerprint density at radius 1 is 1.42 bits per heavy atom. The van der Waals surface area contributed by atoms with Gasteiger partial charge in [-0.05, 0) is 19.3 Å². The normalized spacial score (nSPS) is 12.7. The molecule has 6 heteroatoms. The highest BCUT2D eigenvalue weighted by Crippen LogP contribution is 2.13. The van der Waals surface area contributed by atoms with E-state index in [0.717, 1.165) is 23.9 Å². The molecule has 1 aromatic rings. The number of carbonyl (C=O) groups is 1. The van der Waals surface area contributed by atoms with Gasteiger partial charge in [0.25, 0.3) is 0 Å². The standard InChI is InChI=1S/C13H24N4OS/c1-10(2)6-5-7-11(3)15-12(18)8-19-13-16-14-9-17(13)4/h9-11H,5-8H2,1-4H3,(H,15,18). The van der Waals surface area contributed by atoms with Crippen LogP contribution >= 0.6 is 11.8 Å². The van der Waals surface area contributed by atoms with E-state index in [1.807, 2.05) is 11.6 Å². The Balaban J connectivity index is 2.18. The molecule has 1 amide bonds. The highest BCUT2D eigenvalue weighted by atomic mass is 32.2. The minimum Gasteiger partial charge on any atom is -0.353 e. The van der Waals surface area contributed by atoms with Gasteiger partial charge in [0.15, 0.2) is 5.16 Å². The lowest BCUT2D eigenvalue weighted by atomic mass is 10.0. The lowest BCUT2D eigenvalue weighted by molar-refractivity contribution is -0.119. The Labute approximate surface area is 119 Å². The molecule has 0 aromatic carbocycles. The average molecular weight is 284 g/mol. The molecule has 0 aliphatic heterocycles. The summed E-state index contributed by atoms with van der Waals surface area (Å²) in [6.07, 6.45) is 5.05. The predicted octanol–water partition coefficient (Wildman–Crippen LogP) is 2.24. The predicted molar refractivity (Wildman–Crippen MR) is 78.0 cm³/mol. The number of nitrogens with zero attached hydrogens (tertiary/aromatic N) is 3. The molecule has 0 saturated carbocycles. The molecule has 5 nitrogen and oxygen atoms in total. The summed E-state index contributed by atoms with van der Waals surface area (Å²) >= 11 is 1.41. The number of hydrogen-bond acceptors (Lipinski definition) is 4. The largest absolute Gasteiger partial charge is 0.353 e. The molecule has 1 aromatic heterocycles. The molecule has 0 spiro atoms. The summed E-state index contributed by atoms with van der Waals surface area (Å²) in [5.74, 6) is 1.18. The summed E-state index contributed by atoms with van der Waals surface area (Å²) in [5.41, 5.74) is 0. The van der Waals surface area contributed by atoms with Crippen LogP contribution in [0.15, 0.2) is 11.5 Å². The summed E-state index contributed by atoms with van der Waals surface area (Å²) in [6, 6.07) is 0.242. The topological polar surface area (TPSA) is 59.8 Å². The van der Waals surface area contributed by atoms with Crippen molar-refractivity contribution in [3.63, 3.8) is 0 Å². The van der Waals surface area contributed by atoms with E-state index in [0.29, 0.717) is 5.75 Å². The van der Waals surface area contributed by atoms with E-state index in [4.69, 9.17) is 0 Å². The Morgan fingerprint density at radius 2 is 2.16 bits per heavy atom. The maximum Gasteiger partial charge on any atom is 0.230 e. The number of aryl methyl sites for hydroxylation is 1. The fourth-order valence-electron chi connectivity index (χ4n) is 1.75. The van der Waals surface area contributed by atoms with Crippen LogP contribution in [0.3, 0.4) is 0 Å². The van der Waals surface area contributed by atoms with Gasteiger partial charge in [-0.15, -0.1) is 10.2 Å². The molecule has 1 rings (SSSR count). The molecular weight excluding hydrogens is 260 g/mol. The van der Waals surface area contributed by atoms with Gasteiger partial charge in [0, 0.05) is 13.1 Å². The van der Waals surface area contributed by atoms with Gasteiger partial charge in [0.1, 0.15) is 6.33 Å². The number of amides is 1. The van der Waals surface area contributed by atoms with Gasteiger partial charge in [-0.1, -0.05) is 38.5 Å². The second kappa shape index (κ2) is 8.19. The molecule has 1 heterocycles. The maximum atomic E-state index is 11.8. The van der Waals surface area contributed by atoms with Crippen LogP contribution < -0.4 is 5.32 Å². The smallest absolute Gasteiger partial charge is 0.230 e. The monoisotopic (exact) mass is 284 g/mol. The molecule has 1 unspecified atom stereocenters. The van der Waals surface area contributed by atoms with Crippen molar-refractivity contribution in [3.8, 4) is 0 Å². The van der Waals surface area contributed by atoms with Gasteiger partial charge in [-0.2, -0.15) is 0 Å². The first-order chi connectivity index (χ1) is 8.99. The molecule has 0 fully saturated rings. The van der Waals surface area contributed by atoms with Crippen LogP contribution in [-0.2, 0) is 11.8 Å². The van der Waals surface area contributed by atoms with E-state index in [9.17, 15) is 4.79 Å². The number of aromatic nitrogens is 3. The van der Waals surface area contributed by atoms with E-state index in [2.05, 4.69) is 36.3 Å². The van der Waals surface area contributed by atoms with Crippen molar-refractivity contribution in [1.82, 2.24) is 20.1 Å². The first kappa shape index (κ1) is 16.0. The third-order valence-corrected chi connectivity index (χ3v) is 3.86. The second-order valence-electron chi connectivity index (χ2n) is 5.31. The average Bonchev–Trinajstić information content (AvgIpc) is 2.71. The summed E-state index contributed by atoms with van der Waals surface area (Å²) in [7, 11) is 1.87. The number of nitrogens with one attached hydrogen (secondary N) is 1. The summed E-state index contributed by atoms with van der Waals surface area (Å²) in [4.78, 5) is 11.8. The van der Waals surface area contributed by atoms with Crippen LogP contribution in [0.4, 0.5) is 0 Å². The Morgan fingerprint density at radius 3 is 2.74 bits per heavy atom. The number of hydrogen-bond donors (Lipinski definition) is 1. The fraction of sp³-hybridized carbons (Fsp3) is 0.769. The van der Waals surface area contributed by atoms with Crippen LogP contribution in [0, 0.1) is 5.92 Å². The van der Waals surface area contributed by atoms with E-state index < -0.39 is 0 Å². The van der Waals surface area contributed by atoms with Crippen molar-refractivity contribution in [3.05, 3.63) is 6.33 Å². The van der Waals surface area contributed by atoms with Crippen LogP contribution in [0.2, 0.25) is 0 Å². The van der Waals surface area contributed by atoms with Crippen LogP contribution in [0.1, 0.15) is 40.0 Å². The van der Waals surface area contributed by atoms with Crippen LogP contribution in [-0.4, -0.2) is 32.5 Å². The highest BCUT2D eigenvalue weighted by Gasteiger charge is 2.10. The molecule has 0 aliphatic rings. The Kier molecular flexibility index (Phi) is 6.91. The molecule has 0 bridgehead atoms. The molecule has 1 N–H and O–H groups in total. The zero-order valence-corrected chi connectivity index (χ0v) is 13.0. The van der Waals surface area contributed by atoms with E-state index in [1.165, 1.54) is 18.2 Å². The molecule has 0 saturated heterocycles. The second-order valence-corrected chi connectivity index (χ2v) is 6.25. The van der Waals surface area contributed by atoms with Crippen molar-refractivity contribution in [2.24, 2.45) is 13.0 Å². The lowest BCUT2D eigenvalue weighted by Gasteiger charge is -2.14. The summed E-state index contributed by atoms with van der Waals surface area (Å²) < 4.78 is 1.81. The first-order valence-corrected chi connectivity index (χ1v) is 7.73.